The molecule has 0 aromatic carbocycles. The van der Waals surface area contributed by atoms with Crippen LogP contribution in [0.15, 0.2) is 18.3 Å². The van der Waals surface area contributed by atoms with Crippen molar-refractivity contribution in [1.82, 2.24) is 15.0 Å². The summed E-state index contributed by atoms with van der Waals surface area (Å²) in [6, 6.07) is 3.68. The first-order chi connectivity index (χ1) is 14.3. The number of thiophene rings is 1. The Kier molecular flexibility index (Phi) is 5.38. The number of aromatic nitrogens is 3. The number of carbonyl (C=O) groups excluding carboxylic acids is 2. The first kappa shape index (κ1) is 20.2. The highest BCUT2D eigenvalue weighted by molar-refractivity contribution is 7.20. The highest BCUT2D eigenvalue weighted by Gasteiger charge is 2.25. The Morgan fingerprint density at radius 1 is 1.23 bits per heavy atom. The van der Waals surface area contributed by atoms with Crippen LogP contribution in [-0.2, 0) is 4.79 Å². The highest BCUT2D eigenvalue weighted by Crippen LogP contribution is 2.32. The molecule has 1 unspecified atom stereocenters. The number of nitrogens with one attached hydrogen (secondary N) is 1. The summed E-state index contributed by atoms with van der Waals surface area (Å²) in [6.45, 7) is 7.12. The van der Waals surface area contributed by atoms with Crippen molar-refractivity contribution in [2.45, 2.75) is 33.6 Å². The normalized spacial score (nSPS) is 16.6. The van der Waals surface area contributed by atoms with Gasteiger partial charge in [-0.25, -0.2) is 15.0 Å². The molecule has 0 spiro atoms. The number of hydrogen-bond donors (Lipinski definition) is 2. The number of piperidine rings is 1. The van der Waals surface area contributed by atoms with E-state index in [1.54, 1.807) is 6.20 Å². The zero-order chi connectivity index (χ0) is 21.4. The third-order valence-corrected chi connectivity index (χ3v) is 6.63. The van der Waals surface area contributed by atoms with Gasteiger partial charge in [0.2, 0.25) is 5.91 Å². The van der Waals surface area contributed by atoms with Crippen LogP contribution in [0, 0.1) is 26.7 Å². The van der Waals surface area contributed by atoms with Crippen LogP contribution in [-0.4, -0.2) is 39.9 Å². The van der Waals surface area contributed by atoms with Crippen molar-refractivity contribution < 1.29 is 9.59 Å². The molecule has 0 saturated carbocycles. The predicted octanol–water partition coefficient (Wildman–Crippen LogP) is 2.97. The molecule has 1 fully saturated rings. The number of carbonyl (C=O) groups is 2. The molecule has 0 aliphatic carbocycles. The molecule has 3 aromatic rings. The van der Waals surface area contributed by atoms with Gasteiger partial charge in [0.15, 0.2) is 0 Å². The van der Waals surface area contributed by atoms with Crippen LogP contribution in [0.1, 0.15) is 39.6 Å². The fourth-order valence-electron chi connectivity index (χ4n) is 3.94. The molecule has 4 heterocycles. The molecule has 9 heteroatoms. The van der Waals surface area contributed by atoms with E-state index in [4.69, 9.17) is 5.73 Å². The molecule has 2 amide bonds. The zero-order valence-corrected chi connectivity index (χ0v) is 18.0. The van der Waals surface area contributed by atoms with Gasteiger partial charge in [-0.15, -0.1) is 11.3 Å². The van der Waals surface area contributed by atoms with E-state index in [-0.39, 0.29) is 17.7 Å². The largest absolute Gasteiger partial charge is 0.369 e. The van der Waals surface area contributed by atoms with E-state index in [1.807, 2.05) is 32.9 Å². The van der Waals surface area contributed by atoms with E-state index in [1.165, 1.54) is 11.3 Å². The summed E-state index contributed by atoms with van der Waals surface area (Å²) in [5.41, 5.74) is 7.84. The minimum absolute atomic E-state index is 0.147. The molecule has 3 N–H and O–H groups in total. The van der Waals surface area contributed by atoms with Gasteiger partial charge >= 0.3 is 0 Å². The van der Waals surface area contributed by atoms with Crippen LogP contribution in [0.5, 0.6) is 0 Å². The fraction of sp³-hybridized carbons (Fsp3) is 0.381. The van der Waals surface area contributed by atoms with Gasteiger partial charge in [0.05, 0.1) is 22.7 Å². The van der Waals surface area contributed by atoms with Crippen LogP contribution in [0.2, 0.25) is 0 Å². The summed E-state index contributed by atoms with van der Waals surface area (Å²) in [5.74, 6) is 0.875. The first-order valence-electron chi connectivity index (χ1n) is 9.89. The summed E-state index contributed by atoms with van der Waals surface area (Å²) in [4.78, 5) is 41.2. The van der Waals surface area contributed by atoms with Gasteiger partial charge in [0.25, 0.3) is 5.91 Å². The van der Waals surface area contributed by atoms with Crippen LogP contribution >= 0.6 is 11.3 Å². The number of amides is 2. The molecule has 0 radical (unpaired) electrons. The lowest BCUT2D eigenvalue weighted by Gasteiger charge is -2.32. The van der Waals surface area contributed by atoms with Gasteiger partial charge in [-0.1, -0.05) is 0 Å². The van der Waals surface area contributed by atoms with Gasteiger partial charge in [-0.3, -0.25) is 9.59 Å². The monoisotopic (exact) mass is 424 g/mol. The van der Waals surface area contributed by atoms with E-state index in [2.05, 4.69) is 25.2 Å². The number of fused-ring (bicyclic) bond motifs is 1. The molecule has 0 bridgehead atoms. The quantitative estimate of drug-likeness (QED) is 0.665. The van der Waals surface area contributed by atoms with Crippen molar-refractivity contribution in [3.8, 4) is 0 Å². The molecule has 30 heavy (non-hydrogen) atoms. The van der Waals surface area contributed by atoms with Crippen molar-refractivity contribution in [2.24, 2.45) is 11.7 Å². The summed E-state index contributed by atoms with van der Waals surface area (Å²) < 4.78 is 0. The molecule has 1 aliphatic rings. The van der Waals surface area contributed by atoms with Gasteiger partial charge in [-0.05, 0) is 51.3 Å². The maximum atomic E-state index is 12.9. The maximum absolute atomic E-state index is 12.9. The minimum atomic E-state index is -0.266. The van der Waals surface area contributed by atoms with Crippen molar-refractivity contribution in [3.63, 3.8) is 0 Å². The average Bonchev–Trinajstić information content (AvgIpc) is 3.05. The standard InChI is InChI=1S/C21H24N6O2S/c1-11-17-12(2)24-13(3)25-21(17)30-18(11)20(29)26-15-6-7-16(23-9-15)27-8-4-5-14(10-27)19(22)28/h6-7,9,14H,4-5,8,10H2,1-3H3,(H2,22,28)(H,26,29). The second-order valence-corrected chi connectivity index (χ2v) is 8.64. The molecular weight excluding hydrogens is 400 g/mol. The summed E-state index contributed by atoms with van der Waals surface area (Å²) in [7, 11) is 0. The molecule has 4 rings (SSSR count). The Morgan fingerprint density at radius 3 is 2.73 bits per heavy atom. The number of aryl methyl sites for hydroxylation is 3. The fourth-order valence-corrected chi connectivity index (χ4v) is 5.12. The third-order valence-electron chi connectivity index (χ3n) is 5.44. The maximum Gasteiger partial charge on any atom is 0.266 e. The molecule has 156 valence electrons. The third kappa shape index (κ3) is 3.85. The van der Waals surface area contributed by atoms with E-state index < -0.39 is 0 Å². The summed E-state index contributed by atoms with van der Waals surface area (Å²) in [5, 5.41) is 3.86. The molecule has 1 atom stereocenters. The number of anilines is 2. The van der Waals surface area contributed by atoms with Crippen LogP contribution in [0.4, 0.5) is 11.5 Å². The smallest absolute Gasteiger partial charge is 0.266 e. The van der Waals surface area contributed by atoms with Gasteiger partial charge in [0.1, 0.15) is 16.5 Å². The number of nitrogens with two attached hydrogens (primary N) is 1. The Bertz CT molecular complexity index is 1120. The van der Waals surface area contributed by atoms with Gasteiger partial charge in [0, 0.05) is 24.2 Å². The van der Waals surface area contributed by atoms with E-state index in [0.29, 0.717) is 22.9 Å². The van der Waals surface area contributed by atoms with Crippen molar-refractivity contribution in [1.29, 1.82) is 0 Å². The van der Waals surface area contributed by atoms with Crippen LogP contribution in [0.25, 0.3) is 10.2 Å². The first-order valence-corrected chi connectivity index (χ1v) is 10.7. The lowest BCUT2D eigenvalue weighted by Crippen LogP contribution is -2.41. The second-order valence-electron chi connectivity index (χ2n) is 7.64. The zero-order valence-electron chi connectivity index (χ0n) is 17.2. The van der Waals surface area contributed by atoms with Crippen LogP contribution in [0.3, 0.4) is 0 Å². The Balaban J connectivity index is 1.50. The average molecular weight is 425 g/mol. The molecular formula is C21H24N6O2S. The number of hydrogen-bond acceptors (Lipinski definition) is 7. The minimum Gasteiger partial charge on any atom is -0.369 e. The van der Waals surface area contributed by atoms with Crippen LogP contribution < -0.4 is 16.0 Å². The Morgan fingerprint density at radius 2 is 2.03 bits per heavy atom. The molecule has 1 saturated heterocycles. The topological polar surface area (TPSA) is 114 Å². The number of primary amides is 1. The summed E-state index contributed by atoms with van der Waals surface area (Å²) in [6.07, 6.45) is 3.36. The highest BCUT2D eigenvalue weighted by atomic mass is 32.1. The van der Waals surface area contributed by atoms with Crippen molar-refractivity contribution in [2.75, 3.05) is 23.3 Å². The van der Waals surface area contributed by atoms with Gasteiger partial charge in [-0.2, -0.15) is 0 Å². The summed E-state index contributed by atoms with van der Waals surface area (Å²) >= 11 is 1.37. The number of nitrogens with zero attached hydrogens (tertiary/aromatic N) is 4. The number of pyridine rings is 1. The molecule has 1 aliphatic heterocycles. The lowest BCUT2D eigenvalue weighted by atomic mass is 9.97. The lowest BCUT2D eigenvalue weighted by molar-refractivity contribution is -0.122. The van der Waals surface area contributed by atoms with E-state index in [0.717, 1.165) is 46.7 Å². The van der Waals surface area contributed by atoms with Crippen molar-refractivity contribution >= 4 is 44.9 Å². The molecule has 8 nitrogen and oxygen atoms in total. The van der Waals surface area contributed by atoms with Crippen molar-refractivity contribution in [3.05, 3.63) is 40.3 Å². The second kappa shape index (κ2) is 7.98. The number of rotatable bonds is 4. The predicted molar refractivity (Wildman–Crippen MR) is 118 cm³/mol. The van der Waals surface area contributed by atoms with E-state index in [9.17, 15) is 9.59 Å². The SMILES string of the molecule is Cc1nc(C)c2c(C)c(C(=O)Nc3ccc(N4CCCC(C(N)=O)C4)nc3)sc2n1. The Labute approximate surface area is 178 Å². The molecule has 3 aromatic heterocycles. The van der Waals surface area contributed by atoms with Gasteiger partial charge < -0.3 is 16.0 Å². The Hall–Kier alpha value is -3.07. The van der Waals surface area contributed by atoms with E-state index >= 15 is 0 Å².